The number of aromatic nitrogens is 2. The van der Waals surface area contributed by atoms with Gasteiger partial charge >= 0.3 is 5.97 Å². The van der Waals surface area contributed by atoms with Crippen molar-refractivity contribution in [3.63, 3.8) is 0 Å². The van der Waals surface area contributed by atoms with E-state index < -0.39 is 17.7 Å². The molecule has 0 aliphatic heterocycles. The molecule has 20 heavy (non-hydrogen) atoms. The van der Waals surface area contributed by atoms with Gasteiger partial charge in [-0.05, 0) is 32.0 Å². The fraction of sp³-hybridized carbons (Fsp3) is 0.154. The van der Waals surface area contributed by atoms with E-state index in [0.29, 0.717) is 17.0 Å². The number of carboxylic acid groups (broad SMARTS) is 1. The Morgan fingerprint density at radius 1 is 1.35 bits per heavy atom. The quantitative estimate of drug-likeness (QED) is 0.800. The van der Waals surface area contributed by atoms with E-state index in [1.54, 1.807) is 13.8 Å². The van der Waals surface area contributed by atoms with Gasteiger partial charge in [-0.15, -0.1) is 0 Å². The van der Waals surface area contributed by atoms with Crippen LogP contribution in [0.1, 0.15) is 32.1 Å². The van der Waals surface area contributed by atoms with E-state index in [4.69, 9.17) is 5.11 Å². The molecule has 2 aromatic rings. The van der Waals surface area contributed by atoms with E-state index in [1.807, 2.05) is 0 Å². The van der Waals surface area contributed by atoms with E-state index in [0.717, 1.165) is 18.2 Å². The van der Waals surface area contributed by atoms with Crippen LogP contribution in [0.4, 0.5) is 10.1 Å². The van der Waals surface area contributed by atoms with Crippen LogP contribution < -0.4 is 5.32 Å². The first-order valence-electron chi connectivity index (χ1n) is 5.76. The van der Waals surface area contributed by atoms with Gasteiger partial charge in [0.25, 0.3) is 5.91 Å². The van der Waals surface area contributed by atoms with Crippen molar-refractivity contribution in [2.24, 2.45) is 0 Å². The van der Waals surface area contributed by atoms with E-state index in [2.05, 4.69) is 15.5 Å². The Morgan fingerprint density at radius 2 is 2.05 bits per heavy atom. The second-order valence-electron chi connectivity index (χ2n) is 4.26. The lowest BCUT2D eigenvalue weighted by Crippen LogP contribution is -2.15. The molecule has 0 aliphatic rings. The smallest absolute Gasteiger partial charge is 0.335 e. The molecule has 0 unspecified atom stereocenters. The number of hydrogen-bond acceptors (Lipinski definition) is 3. The lowest BCUT2D eigenvalue weighted by molar-refractivity contribution is 0.0696. The number of aromatic amines is 1. The number of carbonyl (C=O) groups is 2. The van der Waals surface area contributed by atoms with Crippen LogP contribution >= 0.6 is 0 Å². The Labute approximate surface area is 113 Å². The van der Waals surface area contributed by atoms with Crippen molar-refractivity contribution in [2.45, 2.75) is 13.8 Å². The van der Waals surface area contributed by atoms with Gasteiger partial charge in [0.05, 0.1) is 22.5 Å². The first kappa shape index (κ1) is 13.7. The fourth-order valence-electron chi connectivity index (χ4n) is 1.82. The SMILES string of the molecule is Cc1n[nH]c(C)c1C(=O)Nc1cc(C(=O)O)ccc1F. The summed E-state index contributed by atoms with van der Waals surface area (Å²) < 4.78 is 13.6. The maximum absolute atomic E-state index is 13.6. The Bertz CT molecular complexity index is 675. The maximum Gasteiger partial charge on any atom is 0.335 e. The van der Waals surface area contributed by atoms with Gasteiger partial charge in [-0.3, -0.25) is 9.89 Å². The van der Waals surface area contributed by atoms with Gasteiger partial charge in [-0.25, -0.2) is 9.18 Å². The predicted molar refractivity (Wildman–Crippen MR) is 69.4 cm³/mol. The fourth-order valence-corrected chi connectivity index (χ4v) is 1.82. The van der Waals surface area contributed by atoms with Crippen LogP contribution in [0.2, 0.25) is 0 Å². The summed E-state index contributed by atoms with van der Waals surface area (Å²) in [5.74, 6) is -2.45. The lowest BCUT2D eigenvalue weighted by atomic mass is 10.1. The van der Waals surface area contributed by atoms with Crippen molar-refractivity contribution in [3.8, 4) is 0 Å². The van der Waals surface area contributed by atoms with Gasteiger partial charge in [0, 0.05) is 5.69 Å². The van der Waals surface area contributed by atoms with Crippen LogP contribution in [-0.2, 0) is 0 Å². The maximum atomic E-state index is 13.6. The summed E-state index contributed by atoms with van der Waals surface area (Å²) in [7, 11) is 0. The molecular weight excluding hydrogens is 265 g/mol. The molecule has 0 fully saturated rings. The number of benzene rings is 1. The minimum atomic E-state index is -1.20. The normalized spacial score (nSPS) is 10.3. The Balaban J connectivity index is 2.33. The molecule has 2 rings (SSSR count). The highest BCUT2D eigenvalue weighted by Crippen LogP contribution is 2.19. The number of amides is 1. The average Bonchev–Trinajstić information content (AvgIpc) is 2.71. The van der Waals surface area contributed by atoms with Crippen molar-refractivity contribution >= 4 is 17.6 Å². The Morgan fingerprint density at radius 3 is 2.60 bits per heavy atom. The van der Waals surface area contributed by atoms with Crippen molar-refractivity contribution in [2.75, 3.05) is 5.32 Å². The second kappa shape index (κ2) is 5.12. The molecule has 1 aromatic carbocycles. The molecule has 0 saturated carbocycles. The summed E-state index contributed by atoms with van der Waals surface area (Å²) in [6.07, 6.45) is 0. The summed E-state index contributed by atoms with van der Waals surface area (Å²) in [5, 5.41) is 17.7. The minimum Gasteiger partial charge on any atom is -0.478 e. The van der Waals surface area contributed by atoms with Gasteiger partial charge in [-0.1, -0.05) is 0 Å². The third kappa shape index (κ3) is 2.51. The largest absolute Gasteiger partial charge is 0.478 e. The molecule has 3 N–H and O–H groups in total. The monoisotopic (exact) mass is 277 g/mol. The standard InChI is InChI=1S/C13H12FN3O3/c1-6-11(7(2)17-16-6)12(18)15-10-5-8(13(19)20)3-4-9(10)14/h3-5H,1-2H3,(H,15,18)(H,16,17)(H,19,20). The van der Waals surface area contributed by atoms with Crippen molar-refractivity contribution in [3.05, 3.63) is 46.5 Å². The highest BCUT2D eigenvalue weighted by Gasteiger charge is 2.17. The number of nitrogens with one attached hydrogen (secondary N) is 2. The van der Waals surface area contributed by atoms with Crippen molar-refractivity contribution in [1.82, 2.24) is 10.2 Å². The summed E-state index contributed by atoms with van der Waals surface area (Å²) in [6, 6.07) is 3.19. The van der Waals surface area contributed by atoms with Crippen LogP contribution in [0.15, 0.2) is 18.2 Å². The first-order chi connectivity index (χ1) is 9.40. The molecule has 0 bridgehead atoms. The summed E-state index contributed by atoms with van der Waals surface area (Å²) in [6.45, 7) is 3.31. The molecule has 0 saturated heterocycles. The topological polar surface area (TPSA) is 95.1 Å². The number of nitrogens with zero attached hydrogens (tertiary/aromatic N) is 1. The average molecular weight is 277 g/mol. The summed E-state index contributed by atoms with van der Waals surface area (Å²) in [5.41, 5.74) is 1.05. The van der Waals surface area contributed by atoms with Gasteiger partial charge in [-0.2, -0.15) is 5.10 Å². The van der Waals surface area contributed by atoms with Crippen LogP contribution in [0.3, 0.4) is 0 Å². The van der Waals surface area contributed by atoms with E-state index in [-0.39, 0.29) is 11.3 Å². The van der Waals surface area contributed by atoms with Gasteiger partial charge < -0.3 is 10.4 Å². The number of aryl methyl sites for hydroxylation is 2. The summed E-state index contributed by atoms with van der Waals surface area (Å²) in [4.78, 5) is 22.9. The Kier molecular flexibility index (Phi) is 3.51. The van der Waals surface area contributed by atoms with Crippen LogP contribution in [0.5, 0.6) is 0 Å². The number of hydrogen-bond donors (Lipinski definition) is 3. The molecular formula is C13H12FN3O3. The van der Waals surface area contributed by atoms with Crippen molar-refractivity contribution < 1.29 is 19.1 Å². The van der Waals surface area contributed by atoms with Gasteiger partial charge in [0.1, 0.15) is 5.82 Å². The molecule has 0 atom stereocenters. The number of rotatable bonds is 3. The zero-order valence-corrected chi connectivity index (χ0v) is 10.8. The van der Waals surface area contributed by atoms with Gasteiger partial charge in [0.15, 0.2) is 0 Å². The van der Waals surface area contributed by atoms with Crippen molar-refractivity contribution in [1.29, 1.82) is 0 Å². The first-order valence-corrected chi connectivity index (χ1v) is 5.76. The van der Waals surface area contributed by atoms with Crippen LogP contribution in [0, 0.1) is 19.7 Å². The minimum absolute atomic E-state index is 0.109. The third-order valence-corrected chi connectivity index (χ3v) is 2.82. The number of carboxylic acids is 1. The Hall–Kier alpha value is -2.70. The zero-order valence-electron chi connectivity index (χ0n) is 10.8. The molecule has 1 amide bonds. The summed E-state index contributed by atoms with van der Waals surface area (Å²) >= 11 is 0. The van der Waals surface area contributed by atoms with E-state index in [1.165, 1.54) is 0 Å². The molecule has 104 valence electrons. The molecule has 1 heterocycles. The third-order valence-electron chi connectivity index (χ3n) is 2.82. The molecule has 0 spiro atoms. The molecule has 7 heteroatoms. The number of aromatic carboxylic acids is 1. The predicted octanol–water partition coefficient (Wildman–Crippen LogP) is 2.12. The van der Waals surface area contributed by atoms with Gasteiger partial charge in [0.2, 0.25) is 0 Å². The molecule has 1 aromatic heterocycles. The molecule has 0 radical (unpaired) electrons. The zero-order chi connectivity index (χ0) is 14.9. The molecule has 0 aliphatic carbocycles. The molecule has 6 nitrogen and oxygen atoms in total. The highest BCUT2D eigenvalue weighted by atomic mass is 19.1. The van der Waals surface area contributed by atoms with E-state index in [9.17, 15) is 14.0 Å². The second-order valence-corrected chi connectivity index (χ2v) is 4.26. The number of H-pyrrole nitrogens is 1. The van der Waals surface area contributed by atoms with Crippen LogP contribution in [0.25, 0.3) is 0 Å². The van der Waals surface area contributed by atoms with Crippen LogP contribution in [-0.4, -0.2) is 27.2 Å². The number of carbonyl (C=O) groups excluding carboxylic acids is 1. The lowest BCUT2D eigenvalue weighted by Gasteiger charge is -2.07. The number of anilines is 1. The van der Waals surface area contributed by atoms with E-state index >= 15 is 0 Å². The number of halogens is 1. The highest BCUT2D eigenvalue weighted by molar-refractivity contribution is 6.06.